The second-order valence-corrected chi connectivity index (χ2v) is 4.30. The van der Waals surface area contributed by atoms with E-state index in [-0.39, 0.29) is 11.7 Å². The van der Waals surface area contributed by atoms with E-state index in [1.54, 1.807) is 0 Å². The predicted molar refractivity (Wildman–Crippen MR) is 60.5 cm³/mol. The topological polar surface area (TPSA) is 54.0 Å². The molecule has 0 aromatic heterocycles. The molecule has 0 aromatic rings. The molecule has 0 rings (SSSR count). The summed E-state index contributed by atoms with van der Waals surface area (Å²) in [4.78, 5) is 10.9. The van der Waals surface area contributed by atoms with Gasteiger partial charge in [-0.15, -0.1) is 0 Å². The van der Waals surface area contributed by atoms with Gasteiger partial charge < -0.3 is 16.1 Å². The molecule has 0 atom stereocenters. The van der Waals surface area contributed by atoms with Gasteiger partial charge in [-0.1, -0.05) is 0 Å². The summed E-state index contributed by atoms with van der Waals surface area (Å²) in [7, 11) is 0. The third-order valence-corrected chi connectivity index (χ3v) is 3.06. The van der Waals surface area contributed by atoms with Gasteiger partial charge in [-0.25, -0.2) is 0 Å². The lowest BCUT2D eigenvalue weighted by molar-refractivity contribution is -0.113. The zero-order chi connectivity index (χ0) is 12.4. The van der Waals surface area contributed by atoms with Crippen LogP contribution in [-0.2, 0) is 20.9 Å². The maximum Gasteiger partial charge on any atom is 1.00 e. The van der Waals surface area contributed by atoms with Gasteiger partial charge in [-0.3, -0.25) is 4.79 Å². The maximum atomic E-state index is 10.9. The molecule has 0 radical (unpaired) electrons. The molecule has 5 nitrogen and oxygen atoms in total. The molecule has 0 unspecified atom stereocenters. The second kappa shape index (κ2) is 9.67. The van der Waals surface area contributed by atoms with Crippen molar-refractivity contribution in [3.63, 3.8) is 0 Å². The summed E-state index contributed by atoms with van der Waals surface area (Å²) in [5, 5.41) is 0. The fourth-order valence-electron chi connectivity index (χ4n) is 0.901. The number of carbonyl (C=O) groups is 1. The Morgan fingerprint density at radius 1 is 1.12 bits per heavy atom. The highest BCUT2D eigenvalue weighted by atomic mass is 27.3. The van der Waals surface area contributed by atoms with Crippen molar-refractivity contribution in [1.82, 2.24) is 0 Å². The summed E-state index contributed by atoms with van der Waals surface area (Å²) in [6.45, 7) is 8.41. The highest BCUT2D eigenvalue weighted by Gasteiger charge is 2.35. The lowest BCUT2D eigenvalue weighted by Gasteiger charge is -2.15. The van der Waals surface area contributed by atoms with Crippen molar-refractivity contribution in [3.05, 3.63) is 12.0 Å². The number of carbonyl (C=O) groups excluding carboxylic acids is 1. The van der Waals surface area contributed by atoms with Gasteiger partial charge in [0.05, 0.1) is 12.7 Å². The van der Waals surface area contributed by atoms with Crippen LogP contribution in [0, 0.1) is 0 Å². The Morgan fingerprint density at radius 3 is 2.06 bits per heavy atom. The first-order valence-electron chi connectivity index (χ1n) is 5.38. The van der Waals surface area contributed by atoms with E-state index in [0.29, 0.717) is 19.8 Å². The molecular weight excluding hydrogens is 227 g/mol. The van der Waals surface area contributed by atoms with E-state index in [2.05, 4.69) is 0 Å². The molecule has 0 N–H and O–H groups in total. The summed E-state index contributed by atoms with van der Waals surface area (Å²) in [5.41, 5.74) is 0. The Morgan fingerprint density at radius 2 is 1.69 bits per heavy atom. The van der Waals surface area contributed by atoms with Gasteiger partial charge in [0.25, 0.3) is 0 Å². The van der Waals surface area contributed by atoms with Gasteiger partial charge in [0.1, 0.15) is 0 Å². The van der Waals surface area contributed by atoms with Crippen molar-refractivity contribution in [2.75, 3.05) is 19.8 Å². The summed E-state index contributed by atoms with van der Waals surface area (Å²) in [6.07, 6.45) is 1.29. The van der Waals surface area contributed by atoms with Crippen LogP contribution in [0.2, 0.25) is 0 Å². The SMILES string of the molecule is CCO/C(=C/C(C)=O)[O][Al]([O]CC)[O]CC. The van der Waals surface area contributed by atoms with Crippen LogP contribution in [0.1, 0.15) is 27.7 Å². The van der Waals surface area contributed by atoms with Crippen LogP contribution < -0.4 is 0 Å². The first-order valence-corrected chi connectivity index (χ1v) is 6.80. The number of ether oxygens (including phenoxy) is 1. The normalized spacial score (nSPS) is 11.1. The van der Waals surface area contributed by atoms with Gasteiger partial charge in [0.2, 0.25) is 5.95 Å². The number of hydrogen-bond acceptors (Lipinski definition) is 5. The van der Waals surface area contributed by atoms with Crippen LogP contribution in [0.5, 0.6) is 0 Å². The third kappa shape index (κ3) is 7.72. The van der Waals surface area contributed by atoms with Crippen LogP contribution in [0.25, 0.3) is 0 Å². The quantitative estimate of drug-likeness (QED) is 0.351. The number of rotatable bonds is 9. The second-order valence-electron chi connectivity index (χ2n) is 2.82. The Labute approximate surface area is 102 Å². The van der Waals surface area contributed by atoms with E-state index in [9.17, 15) is 4.79 Å². The van der Waals surface area contributed by atoms with Crippen molar-refractivity contribution in [2.45, 2.75) is 27.7 Å². The maximum absolute atomic E-state index is 10.9. The fourth-order valence-corrected chi connectivity index (χ4v) is 2.00. The lowest BCUT2D eigenvalue weighted by Crippen LogP contribution is -2.27. The monoisotopic (exact) mass is 246 g/mol. The van der Waals surface area contributed by atoms with Crippen molar-refractivity contribution in [1.29, 1.82) is 0 Å². The summed E-state index contributed by atoms with van der Waals surface area (Å²) in [5.74, 6) is 0.0396. The van der Waals surface area contributed by atoms with Gasteiger partial charge in [-0.2, -0.15) is 0 Å². The molecule has 0 saturated heterocycles. The molecule has 16 heavy (non-hydrogen) atoms. The first-order chi connectivity index (χ1) is 7.63. The highest BCUT2D eigenvalue weighted by Crippen LogP contribution is 2.05. The largest absolute Gasteiger partial charge is 1.00 e. The molecule has 0 amide bonds. The minimum absolute atomic E-state index is 0.135. The average molecular weight is 246 g/mol. The third-order valence-electron chi connectivity index (χ3n) is 1.43. The minimum Gasteiger partial charge on any atom is -0.572 e. The fraction of sp³-hybridized carbons (Fsp3) is 0.700. The molecule has 0 heterocycles. The predicted octanol–water partition coefficient (Wildman–Crippen LogP) is 1.53. The zero-order valence-corrected chi connectivity index (χ0v) is 11.5. The summed E-state index contributed by atoms with van der Waals surface area (Å²) in [6, 6.07) is 0. The van der Waals surface area contributed by atoms with E-state index in [4.69, 9.17) is 16.1 Å². The Balaban J connectivity index is 4.37. The van der Waals surface area contributed by atoms with E-state index in [0.717, 1.165) is 0 Å². The smallest absolute Gasteiger partial charge is 0.572 e. The van der Waals surface area contributed by atoms with E-state index >= 15 is 0 Å². The number of ketones is 1. The van der Waals surface area contributed by atoms with E-state index in [1.165, 1.54) is 13.0 Å². The number of allylic oxidation sites excluding steroid dienone is 1. The van der Waals surface area contributed by atoms with Crippen molar-refractivity contribution >= 4 is 20.9 Å². The average Bonchev–Trinajstić information content (AvgIpc) is 2.17. The van der Waals surface area contributed by atoms with Crippen molar-refractivity contribution < 1.29 is 20.9 Å². The molecule has 0 fully saturated rings. The van der Waals surface area contributed by atoms with Crippen LogP contribution in [0.15, 0.2) is 12.0 Å². The Bertz CT molecular complexity index is 223. The summed E-state index contributed by atoms with van der Waals surface area (Å²) >= 11 is -2.23. The van der Waals surface area contributed by atoms with Gasteiger partial charge in [0, 0.05) is 13.2 Å². The van der Waals surface area contributed by atoms with Crippen LogP contribution >= 0.6 is 0 Å². The van der Waals surface area contributed by atoms with Gasteiger partial charge in [0.15, 0.2) is 5.78 Å². The molecule has 0 aliphatic rings. The van der Waals surface area contributed by atoms with Crippen LogP contribution in [0.3, 0.4) is 0 Å². The van der Waals surface area contributed by atoms with E-state index < -0.39 is 15.1 Å². The lowest BCUT2D eigenvalue weighted by atomic mass is 10.4. The Kier molecular flexibility index (Phi) is 9.35. The van der Waals surface area contributed by atoms with Crippen molar-refractivity contribution in [2.24, 2.45) is 0 Å². The van der Waals surface area contributed by atoms with Gasteiger partial charge in [-0.05, 0) is 27.7 Å². The zero-order valence-electron chi connectivity index (χ0n) is 10.3. The van der Waals surface area contributed by atoms with Crippen LogP contribution in [-0.4, -0.2) is 40.8 Å². The van der Waals surface area contributed by atoms with Gasteiger partial charge >= 0.3 is 15.1 Å². The number of hydrogen-bond donors (Lipinski definition) is 0. The molecule has 0 aliphatic carbocycles. The molecule has 0 aliphatic heterocycles. The molecule has 0 saturated carbocycles. The molecule has 0 spiro atoms. The molecule has 92 valence electrons. The standard InChI is InChI=1S/C6H10O3.2C2H5O.Al/c1-3-9-6(8)4-5(2)7;2*1-2-3;/h4,8H,3H2,1-2H3;2*2H2,1H3;/q;2*-1;+3/p-1/b6-4+;;;. The molecule has 0 aromatic carbocycles. The summed E-state index contributed by atoms with van der Waals surface area (Å²) < 4.78 is 21.2. The minimum atomic E-state index is -2.23. The molecular formula is C10H19AlO5. The molecule has 6 heteroatoms. The molecule has 0 bridgehead atoms. The first kappa shape index (κ1) is 15.5. The Hall–Kier alpha value is -0.538. The van der Waals surface area contributed by atoms with Crippen molar-refractivity contribution in [3.8, 4) is 0 Å². The van der Waals surface area contributed by atoms with E-state index in [1.807, 2.05) is 20.8 Å². The van der Waals surface area contributed by atoms with Crippen LogP contribution in [0.4, 0.5) is 0 Å². The highest BCUT2D eigenvalue weighted by molar-refractivity contribution is 6.36.